The van der Waals surface area contributed by atoms with Crippen LogP contribution in [0.1, 0.15) is 62.3 Å². The molecule has 3 amide bonds. The number of nitrogens with zero attached hydrogens (tertiary/aromatic N) is 1. The fourth-order valence-corrected chi connectivity index (χ4v) is 7.66. The molecule has 2 bridgehead atoms. The van der Waals surface area contributed by atoms with Crippen molar-refractivity contribution in [2.45, 2.75) is 51.9 Å². The minimum Gasteiger partial charge on any atom is -0.454 e. The van der Waals surface area contributed by atoms with Crippen molar-refractivity contribution in [3.8, 4) is 11.5 Å². The molecule has 12 heteroatoms. The van der Waals surface area contributed by atoms with Crippen molar-refractivity contribution in [3.05, 3.63) is 100 Å². The number of hydrogen-bond acceptors (Lipinski definition) is 6. The van der Waals surface area contributed by atoms with Crippen molar-refractivity contribution in [3.63, 3.8) is 0 Å². The SMILES string of the molecule is CN/C1=N\C(=N)C(C)(c2cccc(/C=C3\NC(=O)NC3=O)c2)CCCC(C)(C)CSCCc2c(c(F)cc3[nH]ccc23)Oc2ccc(F)c1c2. The lowest BCUT2D eigenvalue weighted by molar-refractivity contribution is -0.115. The highest BCUT2D eigenvalue weighted by Gasteiger charge is 2.34. The van der Waals surface area contributed by atoms with E-state index in [0.29, 0.717) is 23.9 Å². The summed E-state index contributed by atoms with van der Waals surface area (Å²) in [5.41, 5.74) is 2.12. The van der Waals surface area contributed by atoms with Gasteiger partial charge in [0.15, 0.2) is 11.6 Å². The first-order valence-corrected chi connectivity index (χ1v) is 17.7. The van der Waals surface area contributed by atoms with Crippen LogP contribution >= 0.6 is 11.8 Å². The summed E-state index contributed by atoms with van der Waals surface area (Å²) in [6.45, 7) is 6.39. The summed E-state index contributed by atoms with van der Waals surface area (Å²) in [5, 5.41) is 17.9. The Morgan fingerprint density at radius 2 is 1.84 bits per heavy atom. The predicted molar refractivity (Wildman–Crippen MR) is 195 cm³/mol. The van der Waals surface area contributed by atoms with E-state index < -0.39 is 29.0 Å². The Morgan fingerprint density at radius 3 is 2.60 bits per heavy atom. The zero-order valence-electron chi connectivity index (χ0n) is 28.4. The zero-order valence-corrected chi connectivity index (χ0v) is 29.2. The van der Waals surface area contributed by atoms with Gasteiger partial charge in [-0.05, 0) is 84.6 Å². The van der Waals surface area contributed by atoms with Crippen molar-refractivity contribution in [1.29, 1.82) is 5.41 Å². The van der Waals surface area contributed by atoms with Gasteiger partial charge in [0, 0.05) is 35.8 Å². The predicted octanol–water partition coefficient (Wildman–Crippen LogP) is 7.81. The van der Waals surface area contributed by atoms with E-state index in [2.05, 4.69) is 39.8 Å². The number of rotatable bonds is 2. The summed E-state index contributed by atoms with van der Waals surface area (Å²) < 4.78 is 37.3. The molecule has 1 aromatic heterocycles. The third-order valence-corrected chi connectivity index (χ3v) is 10.8. The largest absolute Gasteiger partial charge is 0.454 e. The van der Waals surface area contributed by atoms with Crippen molar-refractivity contribution in [2.75, 3.05) is 18.6 Å². The maximum atomic E-state index is 15.6. The lowest BCUT2D eigenvalue weighted by atomic mass is 9.75. The van der Waals surface area contributed by atoms with Gasteiger partial charge in [-0.2, -0.15) is 11.8 Å². The van der Waals surface area contributed by atoms with Crippen LogP contribution in [0.5, 0.6) is 11.5 Å². The van der Waals surface area contributed by atoms with Crippen molar-refractivity contribution >= 4 is 52.4 Å². The number of amides is 3. The summed E-state index contributed by atoms with van der Waals surface area (Å²) >= 11 is 1.80. The van der Waals surface area contributed by atoms with E-state index >= 15 is 8.78 Å². The van der Waals surface area contributed by atoms with Gasteiger partial charge >= 0.3 is 6.03 Å². The molecule has 0 saturated carbocycles. The normalized spacial score (nSPS) is 22.1. The Balaban J connectivity index is 1.43. The number of aromatic amines is 1. The first kappa shape index (κ1) is 34.9. The van der Waals surface area contributed by atoms with Crippen molar-refractivity contribution in [2.24, 2.45) is 10.4 Å². The Hall–Kier alpha value is -4.97. The quantitative estimate of drug-likeness (QED) is 0.108. The Labute approximate surface area is 293 Å². The van der Waals surface area contributed by atoms with Crippen LogP contribution in [0.2, 0.25) is 0 Å². The second kappa shape index (κ2) is 14.1. The summed E-state index contributed by atoms with van der Waals surface area (Å²) in [5.74, 6) is 0.457. The average molecular weight is 699 g/mol. The van der Waals surface area contributed by atoms with Crippen molar-refractivity contribution in [1.82, 2.24) is 20.9 Å². The highest BCUT2D eigenvalue weighted by molar-refractivity contribution is 7.99. The van der Waals surface area contributed by atoms with Crippen LogP contribution in [0.25, 0.3) is 17.0 Å². The second-order valence-corrected chi connectivity index (χ2v) is 14.8. The second-order valence-electron chi connectivity index (χ2n) is 13.7. The van der Waals surface area contributed by atoms with Gasteiger partial charge < -0.3 is 20.4 Å². The third kappa shape index (κ3) is 7.30. The van der Waals surface area contributed by atoms with Gasteiger partial charge in [0.05, 0.1) is 11.0 Å². The number of benzene rings is 3. The van der Waals surface area contributed by atoms with Crippen LogP contribution in [0, 0.1) is 22.5 Å². The molecule has 1 unspecified atom stereocenters. The number of halogens is 2. The number of ether oxygens (including phenoxy) is 1. The van der Waals surface area contributed by atoms with E-state index in [0.717, 1.165) is 40.9 Å². The molecule has 1 atom stereocenters. The van der Waals surface area contributed by atoms with E-state index in [-0.39, 0.29) is 39.8 Å². The zero-order chi connectivity index (χ0) is 35.6. The molecule has 3 aromatic carbocycles. The van der Waals surface area contributed by atoms with Gasteiger partial charge in [-0.3, -0.25) is 15.5 Å². The fourth-order valence-electron chi connectivity index (χ4n) is 6.47. The van der Waals surface area contributed by atoms with Gasteiger partial charge in [-0.15, -0.1) is 0 Å². The number of urea groups is 1. The highest BCUT2D eigenvalue weighted by Crippen LogP contribution is 2.39. The van der Waals surface area contributed by atoms with Gasteiger partial charge in [-0.25, -0.2) is 18.6 Å². The molecule has 9 nitrogen and oxygen atoms in total. The molecule has 50 heavy (non-hydrogen) atoms. The highest BCUT2D eigenvalue weighted by atomic mass is 32.2. The lowest BCUT2D eigenvalue weighted by Gasteiger charge is -2.32. The van der Waals surface area contributed by atoms with E-state index in [9.17, 15) is 15.0 Å². The van der Waals surface area contributed by atoms with Crippen LogP contribution < -0.4 is 20.7 Å². The van der Waals surface area contributed by atoms with Crippen LogP contribution in [0.15, 0.2) is 71.5 Å². The number of carbonyl (C=O) groups excluding carboxylic acids is 2. The van der Waals surface area contributed by atoms with E-state index in [1.165, 1.54) is 24.3 Å². The lowest BCUT2D eigenvalue weighted by Crippen LogP contribution is -2.34. The summed E-state index contributed by atoms with van der Waals surface area (Å²) in [6.07, 6.45) is 6.16. The summed E-state index contributed by atoms with van der Waals surface area (Å²) in [7, 11) is 1.61. The molecule has 5 N–H and O–H groups in total. The molecule has 2 aliphatic rings. The maximum absolute atomic E-state index is 15.6. The molecular weight excluding hydrogens is 659 g/mol. The Morgan fingerprint density at radius 1 is 1.02 bits per heavy atom. The number of aromatic nitrogens is 1. The molecular formula is C38H40F2N6O3S. The molecule has 6 rings (SSSR count). The molecule has 1 fully saturated rings. The number of nitrogens with one attached hydrogen (secondary N) is 5. The number of hydrogen-bond donors (Lipinski definition) is 5. The third-order valence-electron chi connectivity index (χ3n) is 9.34. The molecule has 1 saturated heterocycles. The number of fused-ring (bicyclic) bond motifs is 5. The topological polar surface area (TPSA) is 131 Å². The molecule has 260 valence electrons. The molecule has 2 aliphatic heterocycles. The molecule has 4 aromatic rings. The number of aryl methyl sites for hydroxylation is 1. The van der Waals surface area contributed by atoms with Gasteiger partial charge in [0.2, 0.25) is 0 Å². The van der Waals surface area contributed by atoms with Crippen LogP contribution in [0.4, 0.5) is 13.6 Å². The van der Waals surface area contributed by atoms with Gasteiger partial charge in [0.25, 0.3) is 5.91 Å². The van der Waals surface area contributed by atoms with Gasteiger partial charge in [-0.1, -0.05) is 44.5 Å². The number of carbonyl (C=O) groups is 2. The van der Waals surface area contributed by atoms with Crippen molar-refractivity contribution < 1.29 is 23.1 Å². The fraction of sp³-hybridized carbons (Fsp3) is 0.316. The first-order valence-electron chi connectivity index (χ1n) is 16.5. The Kier molecular flexibility index (Phi) is 9.84. The summed E-state index contributed by atoms with van der Waals surface area (Å²) in [6, 6.07) is 14.3. The molecule has 0 spiro atoms. The number of aliphatic imine (C=N–C) groups is 1. The smallest absolute Gasteiger partial charge is 0.326 e. The average Bonchev–Trinajstić information content (AvgIpc) is 3.67. The number of thioether (sulfide) groups is 1. The van der Waals surface area contributed by atoms with Crippen LogP contribution in [-0.4, -0.2) is 47.1 Å². The minimum atomic E-state index is -0.916. The van der Waals surface area contributed by atoms with Gasteiger partial charge in [0.1, 0.15) is 28.9 Å². The van der Waals surface area contributed by atoms with Crippen LogP contribution in [0.3, 0.4) is 0 Å². The van der Waals surface area contributed by atoms with E-state index in [1.54, 1.807) is 31.1 Å². The number of H-pyrrole nitrogens is 1. The standard InChI is InChI=1S/C38H40F2N6O3S/c1-37(2)13-6-14-38(3,23-8-5-7-22(17-23)18-31-34(47)46-36(48)44-31)35(41)45-33(42-4)27-19-24(9-10-28(27)39)49-32-26(12-16-50-21-37)25-11-15-43-30(25)20-29(32)40/h5,7-11,15,17-20,43H,6,12-14,16,21H2,1-4H3,(H2,41,42,45)(H2,44,46,47,48)/b31-18-. The Bertz CT molecular complexity index is 2060. The van der Waals surface area contributed by atoms with E-state index in [1.807, 2.05) is 37.3 Å². The monoisotopic (exact) mass is 698 g/mol. The minimum absolute atomic E-state index is 0.00354. The number of amidine groups is 2. The van der Waals surface area contributed by atoms with E-state index in [4.69, 9.17) is 4.74 Å². The first-order chi connectivity index (χ1) is 23.9. The molecule has 3 heterocycles. The van der Waals surface area contributed by atoms with Crippen LogP contribution in [-0.2, 0) is 16.6 Å². The molecule has 0 aliphatic carbocycles. The number of imide groups is 1. The molecule has 0 radical (unpaired) electrons. The summed E-state index contributed by atoms with van der Waals surface area (Å²) in [4.78, 5) is 31.7. The maximum Gasteiger partial charge on any atom is 0.326 e.